The monoisotopic (exact) mass is 367 g/mol. The quantitative estimate of drug-likeness (QED) is 0.824. The number of hydrogen-bond acceptors (Lipinski definition) is 5. The Balaban J connectivity index is 1.59. The van der Waals surface area contributed by atoms with Crippen molar-refractivity contribution in [2.24, 2.45) is 0 Å². The lowest BCUT2D eigenvalue weighted by molar-refractivity contribution is 0.00578. The van der Waals surface area contributed by atoms with Crippen molar-refractivity contribution in [2.45, 2.75) is 51.7 Å². The normalized spacial score (nSPS) is 21.9. The molecule has 0 aliphatic carbocycles. The van der Waals surface area contributed by atoms with Crippen molar-refractivity contribution >= 4 is 29.3 Å². The number of nitrogens with zero attached hydrogens (tertiary/aromatic N) is 2. The van der Waals surface area contributed by atoms with Crippen LogP contribution in [-0.2, 0) is 9.31 Å². The van der Waals surface area contributed by atoms with Gasteiger partial charge in [-0.3, -0.25) is 0 Å². The van der Waals surface area contributed by atoms with Crippen LogP contribution in [0.15, 0.2) is 30.3 Å². The van der Waals surface area contributed by atoms with Crippen LogP contribution in [0.25, 0.3) is 10.9 Å². The Bertz CT molecular complexity index is 802. The Morgan fingerprint density at radius 2 is 1.74 bits per heavy atom. The van der Waals surface area contributed by atoms with Crippen molar-refractivity contribution in [3.8, 4) is 0 Å². The van der Waals surface area contributed by atoms with Crippen LogP contribution in [0, 0.1) is 0 Å². The average Bonchev–Trinajstić information content (AvgIpc) is 3.20. The molecule has 2 aliphatic heterocycles. The molecule has 3 heterocycles. The van der Waals surface area contributed by atoms with E-state index in [1.54, 1.807) is 0 Å². The summed E-state index contributed by atoms with van der Waals surface area (Å²) in [6.45, 7) is 12.7. The summed E-state index contributed by atoms with van der Waals surface area (Å²) in [4.78, 5) is 7.31. The number of nitrogens with one attached hydrogen (secondary N) is 1. The van der Waals surface area contributed by atoms with Crippen molar-refractivity contribution in [1.29, 1.82) is 0 Å². The topological polar surface area (TPSA) is 46.6 Å². The van der Waals surface area contributed by atoms with Crippen molar-refractivity contribution in [3.63, 3.8) is 0 Å². The van der Waals surface area contributed by atoms with Gasteiger partial charge in [0.15, 0.2) is 0 Å². The highest BCUT2D eigenvalue weighted by Gasteiger charge is 2.52. The Kier molecular flexibility index (Phi) is 4.91. The Labute approximate surface area is 162 Å². The van der Waals surface area contributed by atoms with Crippen LogP contribution in [-0.4, -0.2) is 54.4 Å². The molecule has 0 bridgehead atoms. The summed E-state index contributed by atoms with van der Waals surface area (Å²) in [7, 11) is -0.387. The van der Waals surface area contributed by atoms with E-state index in [1.165, 1.54) is 25.9 Å². The molecule has 0 atom stereocenters. The van der Waals surface area contributed by atoms with Crippen molar-refractivity contribution in [1.82, 2.24) is 9.88 Å². The summed E-state index contributed by atoms with van der Waals surface area (Å²) in [5.41, 5.74) is 1.30. The second-order valence-electron chi connectivity index (χ2n) is 8.68. The summed E-state index contributed by atoms with van der Waals surface area (Å²) in [6, 6.07) is 10.3. The Morgan fingerprint density at radius 1 is 1.07 bits per heavy atom. The minimum absolute atomic E-state index is 0.356. The smallest absolute Gasteiger partial charge is 0.399 e. The van der Waals surface area contributed by atoms with E-state index in [-0.39, 0.29) is 18.3 Å². The summed E-state index contributed by atoms with van der Waals surface area (Å²) in [5, 5.41) is 4.59. The molecule has 144 valence electrons. The summed E-state index contributed by atoms with van der Waals surface area (Å²) < 4.78 is 12.6. The van der Waals surface area contributed by atoms with Crippen LogP contribution in [0.5, 0.6) is 0 Å². The van der Waals surface area contributed by atoms with Gasteiger partial charge >= 0.3 is 7.12 Å². The SMILES string of the molecule is CC1(C)OB(c2cc(NCCN3CCCC3)nc3ccccc23)OC1(C)C. The Hall–Kier alpha value is -1.63. The highest BCUT2D eigenvalue weighted by Crippen LogP contribution is 2.37. The molecule has 0 amide bonds. The molecule has 1 aromatic heterocycles. The van der Waals surface area contributed by atoms with Crippen LogP contribution >= 0.6 is 0 Å². The van der Waals surface area contributed by atoms with Crippen LogP contribution < -0.4 is 10.8 Å². The number of pyridine rings is 1. The lowest BCUT2D eigenvalue weighted by Crippen LogP contribution is -2.41. The van der Waals surface area contributed by atoms with Gasteiger partial charge in [-0.2, -0.15) is 0 Å². The maximum atomic E-state index is 6.31. The van der Waals surface area contributed by atoms with Gasteiger partial charge in [-0.1, -0.05) is 18.2 Å². The molecule has 4 rings (SSSR count). The van der Waals surface area contributed by atoms with Gasteiger partial charge in [-0.15, -0.1) is 0 Å². The second kappa shape index (κ2) is 7.08. The van der Waals surface area contributed by atoms with Gasteiger partial charge in [0.05, 0.1) is 16.7 Å². The molecule has 2 aromatic rings. The molecule has 27 heavy (non-hydrogen) atoms. The first-order chi connectivity index (χ1) is 12.9. The molecule has 0 spiro atoms. The largest absolute Gasteiger partial charge is 0.495 e. The van der Waals surface area contributed by atoms with E-state index in [4.69, 9.17) is 14.3 Å². The predicted molar refractivity (Wildman–Crippen MR) is 112 cm³/mol. The van der Waals surface area contributed by atoms with E-state index in [0.29, 0.717) is 0 Å². The van der Waals surface area contributed by atoms with Crippen molar-refractivity contribution in [2.75, 3.05) is 31.5 Å². The lowest BCUT2D eigenvalue weighted by atomic mass is 9.77. The highest BCUT2D eigenvalue weighted by atomic mass is 16.7. The Morgan fingerprint density at radius 3 is 2.44 bits per heavy atom. The van der Waals surface area contributed by atoms with Gasteiger partial charge in [-0.25, -0.2) is 4.98 Å². The fourth-order valence-electron chi connectivity index (χ4n) is 3.81. The number of aromatic nitrogens is 1. The molecule has 6 heteroatoms. The fraction of sp³-hybridized carbons (Fsp3) is 0.571. The predicted octanol–water partition coefficient (Wildman–Crippen LogP) is 3.04. The minimum Gasteiger partial charge on any atom is -0.399 e. The van der Waals surface area contributed by atoms with Gasteiger partial charge < -0.3 is 19.5 Å². The van der Waals surface area contributed by atoms with E-state index < -0.39 is 0 Å². The molecule has 1 aromatic carbocycles. The van der Waals surface area contributed by atoms with E-state index in [0.717, 1.165) is 35.3 Å². The molecule has 5 nitrogen and oxygen atoms in total. The molecule has 2 saturated heterocycles. The minimum atomic E-state index is -0.387. The lowest BCUT2D eigenvalue weighted by Gasteiger charge is -2.32. The third-order valence-corrected chi connectivity index (χ3v) is 6.19. The van der Waals surface area contributed by atoms with E-state index in [1.807, 2.05) is 12.1 Å². The highest BCUT2D eigenvalue weighted by molar-refractivity contribution is 6.65. The molecule has 0 unspecified atom stereocenters. The van der Waals surface area contributed by atoms with Crippen molar-refractivity contribution in [3.05, 3.63) is 30.3 Å². The molecular formula is C21H30BN3O2. The van der Waals surface area contributed by atoms with Crippen LogP contribution in [0.2, 0.25) is 0 Å². The van der Waals surface area contributed by atoms with Crippen LogP contribution in [0.1, 0.15) is 40.5 Å². The first-order valence-corrected chi connectivity index (χ1v) is 10.1. The van der Waals surface area contributed by atoms with E-state index in [9.17, 15) is 0 Å². The van der Waals surface area contributed by atoms with E-state index >= 15 is 0 Å². The number of benzene rings is 1. The third kappa shape index (κ3) is 3.71. The molecule has 2 aliphatic rings. The molecule has 0 saturated carbocycles. The van der Waals surface area contributed by atoms with Gasteiger partial charge in [0.1, 0.15) is 5.82 Å². The number of likely N-dealkylation sites (tertiary alicyclic amines) is 1. The average molecular weight is 367 g/mol. The first-order valence-electron chi connectivity index (χ1n) is 10.1. The van der Waals surface area contributed by atoms with Crippen molar-refractivity contribution < 1.29 is 9.31 Å². The van der Waals surface area contributed by atoms with Gasteiger partial charge in [0.25, 0.3) is 0 Å². The summed E-state index contributed by atoms with van der Waals surface area (Å²) in [5.74, 6) is 0.887. The molecule has 0 radical (unpaired) electrons. The fourth-order valence-corrected chi connectivity index (χ4v) is 3.81. The van der Waals surface area contributed by atoms with Crippen LogP contribution in [0.3, 0.4) is 0 Å². The first kappa shape index (κ1) is 18.7. The zero-order chi connectivity index (χ0) is 19.1. The molecule has 2 fully saturated rings. The zero-order valence-corrected chi connectivity index (χ0v) is 16.9. The second-order valence-corrected chi connectivity index (χ2v) is 8.68. The molecule has 1 N–H and O–H groups in total. The number of para-hydroxylation sites is 1. The number of fused-ring (bicyclic) bond motifs is 1. The molecular weight excluding hydrogens is 337 g/mol. The summed E-state index contributed by atoms with van der Waals surface area (Å²) in [6.07, 6.45) is 2.64. The zero-order valence-electron chi connectivity index (χ0n) is 16.9. The number of hydrogen-bond donors (Lipinski definition) is 1. The number of anilines is 1. The summed E-state index contributed by atoms with van der Waals surface area (Å²) >= 11 is 0. The number of rotatable bonds is 5. The van der Waals surface area contributed by atoms with Gasteiger partial charge in [-0.05, 0) is 71.2 Å². The standard InChI is InChI=1S/C21H30BN3O2/c1-20(2)21(3,4)27-22(26-20)17-15-19(23-11-14-25-12-7-8-13-25)24-18-10-6-5-9-16(17)18/h5-6,9-10,15H,7-8,11-14H2,1-4H3,(H,23,24). The maximum Gasteiger partial charge on any atom is 0.495 e. The van der Waals surface area contributed by atoms with E-state index in [2.05, 4.69) is 56.1 Å². The van der Waals surface area contributed by atoms with Gasteiger partial charge in [0, 0.05) is 18.5 Å². The van der Waals surface area contributed by atoms with Crippen LogP contribution in [0.4, 0.5) is 5.82 Å². The van der Waals surface area contributed by atoms with Gasteiger partial charge in [0.2, 0.25) is 0 Å². The third-order valence-electron chi connectivity index (χ3n) is 6.19. The maximum absolute atomic E-state index is 6.31.